The van der Waals surface area contributed by atoms with Gasteiger partial charge >= 0.3 is 0 Å². The Morgan fingerprint density at radius 2 is 2.26 bits per heavy atom. The van der Waals surface area contributed by atoms with Gasteiger partial charge in [-0.05, 0) is 26.0 Å². The fraction of sp³-hybridized carbons (Fsp3) is 0.500. The molecule has 1 amide bonds. The summed E-state index contributed by atoms with van der Waals surface area (Å²) in [5.74, 6) is -0.129. The Morgan fingerprint density at radius 3 is 2.84 bits per heavy atom. The predicted molar refractivity (Wildman–Crippen MR) is 69.7 cm³/mol. The minimum Gasteiger partial charge on any atom is -0.489 e. The number of anilines is 1. The highest BCUT2D eigenvalue weighted by Gasteiger charge is 2.32. The highest BCUT2D eigenvalue weighted by Crippen LogP contribution is 2.34. The molecule has 0 aliphatic carbocycles. The molecule has 0 bridgehead atoms. The number of halogens is 1. The highest BCUT2D eigenvalue weighted by molar-refractivity contribution is 5.97. The average molecular weight is 267 g/mol. The van der Waals surface area contributed by atoms with Crippen molar-refractivity contribution in [2.75, 3.05) is 18.1 Å². The lowest BCUT2D eigenvalue weighted by atomic mass is 10.1. The predicted octanol–water partition coefficient (Wildman–Crippen LogP) is 1.96. The first-order valence-corrected chi connectivity index (χ1v) is 6.38. The summed E-state index contributed by atoms with van der Waals surface area (Å²) >= 11 is 0. The fourth-order valence-corrected chi connectivity index (χ4v) is 2.19. The van der Waals surface area contributed by atoms with E-state index in [0.29, 0.717) is 18.0 Å². The van der Waals surface area contributed by atoms with Crippen LogP contribution in [0, 0.1) is 11.7 Å². The van der Waals surface area contributed by atoms with Crippen LogP contribution in [0.4, 0.5) is 10.1 Å². The third-order valence-electron chi connectivity index (χ3n) is 3.04. The maximum absolute atomic E-state index is 13.4. The Hall–Kier alpha value is -1.62. The molecule has 1 heterocycles. The Balaban J connectivity index is 2.32. The van der Waals surface area contributed by atoms with E-state index in [1.165, 1.54) is 23.1 Å². The van der Waals surface area contributed by atoms with Crippen molar-refractivity contribution in [1.82, 2.24) is 0 Å². The molecular formula is C14H18FNO3. The summed E-state index contributed by atoms with van der Waals surface area (Å²) in [4.78, 5) is 13.4. The third-order valence-corrected chi connectivity index (χ3v) is 3.04. The van der Waals surface area contributed by atoms with E-state index in [2.05, 4.69) is 0 Å². The summed E-state index contributed by atoms with van der Waals surface area (Å²) in [5.41, 5.74) is 0.439. The van der Waals surface area contributed by atoms with E-state index in [4.69, 9.17) is 9.84 Å². The van der Waals surface area contributed by atoms with Crippen molar-refractivity contribution in [1.29, 1.82) is 0 Å². The maximum atomic E-state index is 13.4. The van der Waals surface area contributed by atoms with Crippen LogP contribution in [0.25, 0.3) is 0 Å². The summed E-state index contributed by atoms with van der Waals surface area (Å²) in [7, 11) is 0. The molecule has 104 valence electrons. The van der Waals surface area contributed by atoms with Gasteiger partial charge in [-0.15, -0.1) is 0 Å². The Morgan fingerprint density at radius 1 is 1.53 bits per heavy atom. The van der Waals surface area contributed by atoms with E-state index < -0.39 is 5.82 Å². The van der Waals surface area contributed by atoms with Gasteiger partial charge in [-0.3, -0.25) is 4.79 Å². The van der Waals surface area contributed by atoms with E-state index in [9.17, 15) is 9.18 Å². The quantitative estimate of drug-likeness (QED) is 0.907. The lowest BCUT2D eigenvalue weighted by Gasteiger charge is -2.21. The van der Waals surface area contributed by atoms with E-state index >= 15 is 0 Å². The van der Waals surface area contributed by atoms with E-state index in [-0.39, 0.29) is 31.0 Å². The zero-order valence-corrected chi connectivity index (χ0v) is 11.1. The third kappa shape index (κ3) is 3.04. The summed E-state index contributed by atoms with van der Waals surface area (Å²) < 4.78 is 19.0. The van der Waals surface area contributed by atoms with Gasteiger partial charge in [0.05, 0.1) is 11.8 Å². The molecule has 0 spiro atoms. The first kappa shape index (κ1) is 13.8. The molecule has 1 atom stereocenters. The Labute approximate surface area is 111 Å². The molecule has 0 radical (unpaired) electrons. The topological polar surface area (TPSA) is 49.8 Å². The van der Waals surface area contributed by atoms with Crippen molar-refractivity contribution in [2.24, 2.45) is 5.92 Å². The summed E-state index contributed by atoms with van der Waals surface area (Å²) in [6.07, 6.45) is 0.226. The molecule has 1 fully saturated rings. The molecule has 0 saturated carbocycles. The largest absolute Gasteiger partial charge is 0.489 e. The van der Waals surface area contributed by atoms with Gasteiger partial charge in [0.15, 0.2) is 0 Å². The highest BCUT2D eigenvalue weighted by atomic mass is 19.1. The molecule has 1 saturated heterocycles. The molecule has 1 aromatic rings. The van der Waals surface area contributed by atoms with E-state index in [1.807, 2.05) is 13.8 Å². The number of carbonyl (C=O) groups is 1. The molecule has 1 unspecified atom stereocenters. The monoisotopic (exact) mass is 267 g/mol. The lowest BCUT2D eigenvalue weighted by molar-refractivity contribution is -0.117. The molecule has 5 heteroatoms. The smallest absolute Gasteiger partial charge is 0.227 e. The zero-order chi connectivity index (χ0) is 14.0. The zero-order valence-electron chi connectivity index (χ0n) is 11.1. The van der Waals surface area contributed by atoms with Crippen molar-refractivity contribution in [3.05, 3.63) is 24.0 Å². The minimum atomic E-state index is -0.411. The number of aliphatic hydroxyl groups excluding tert-OH is 1. The molecule has 1 aromatic carbocycles. The molecule has 4 nitrogen and oxygen atoms in total. The van der Waals surface area contributed by atoms with Crippen LogP contribution in [-0.4, -0.2) is 30.3 Å². The van der Waals surface area contributed by atoms with Crippen molar-refractivity contribution in [2.45, 2.75) is 26.4 Å². The van der Waals surface area contributed by atoms with Crippen LogP contribution < -0.4 is 9.64 Å². The van der Waals surface area contributed by atoms with Crippen molar-refractivity contribution >= 4 is 11.6 Å². The summed E-state index contributed by atoms with van der Waals surface area (Å²) in [6.45, 7) is 4.09. The first-order valence-electron chi connectivity index (χ1n) is 6.38. The fourth-order valence-electron chi connectivity index (χ4n) is 2.19. The number of aliphatic hydroxyl groups is 1. The van der Waals surface area contributed by atoms with Gasteiger partial charge in [0, 0.05) is 31.6 Å². The van der Waals surface area contributed by atoms with Gasteiger partial charge in [0.25, 0.3) is 0 Å². The molecule has 1 N–H and O–H groups in total. The number of hydrogen-bond donors (Lipinski definition) is 1. The summed E-state index contributed by atoms with van der Waals surface area (Å²) in [6, 6.07) is 4.14. The van der Waals surface area contributed by atoms with Gasteiger partial charge in [0.2, 0.25) is 5.91 Å². The van der Waals surface area contributed by atoms with Crippen molar-refractivity contribution in [3.63, 3.8) is 0 Å². The van der Waals surface area contributed by atoms with Gasteiger partial charge in [-0.2, -0.15) is 0 Å². The van der Waals surface area contributed by atoms with Crippen LogP contribution in [0.5, 0.6) is 5.75 Å². The molecular weight excluding hydrogens is 249 g/mol. The Kier molecular flexibility index (Phi) is 4.04. The van der Waals surface area contributed by atoms with Crippen molar-refractivity contribution < 1.29 is 19.0 Å². The molecule has 1 aliphatic heterocycles. The van der Waals surface area contributed by atoms with Gasteiger partial charge in [-0.1, -0.05) is 0 Å². The SMILES string of the molecule is CC(C)Oc1ccc(F)cc1N1CC(CO)CC1=O. The molecule has 1 aliphatic rings. The first-order chi connectivity index (χ1) is 9.01. The van der Waals surface area contributed by atoms with Gasteiger partial charge in [-0.25, -0.2) is 4.39 Å². The second-order valence-corrected chi connectivity index (χ2v) is 5.04. The minimum absolute atomic E-state index is 0.0437. The van der Waals surface area contributed by atoms with Crippen LogP contribution >= 0.6 is 0 Å². The van der Waals surface area contributed by atoms with E-state index in [0.717, 1.165) is 0 Å². The average Bonchev–Trinajstić information content (AvgIpc) is 2.72. The second-order valence-electron chi connectivity index (χ2n) is 5.04. The number of nitrogens with zero attached hydrogens (tertiary/aromatic N) is 1. The number of benzene rings is 1. The number of amides is 1. The standard InChI is InChI=1S/C14H18FNO3/c1-9(2)19-13-4-3-11(15)6-12(13)16-7-10(8-17)5-14(16)18/h3-4,6,9-10,17H,5,7-8H2,1-2H3. The number of ether oxygens (including phenoxy) is 1. The maximum Gasteiger partial charge on any atom is 0.227 e. The molecule has 0 aromatic heterocycles. The van der Waals surface area contributed by atoms with E-state index in [1.54, 1.807) is 0 Å². The van der Waals surface area contributed by atoms with Crippen LogP contribution in [-0.2, 0) is 4.79 Å². The van der Waals surface area contributed by atoms with Crippen LogP contribution in [0.15, 0.2) is 18.2 Å². The second kappa shape index (κ2) is 5.57. The molecule has 19 heavy (non-hydrogen) atoms. The molecule has 2 rings (SSSR count). The van der Waals surface area contributed by atoms with Gasteiger partial charge in [0.1, 0.15) is 11.6 Å². The van der Waals surface area contributed by atoms with Gasteiger partial charge < -0.3 is 14.7 Å². The normalized spacial score (nSPS) is 19.3. The van der Waals surface area contributed by atoms with Crippen molar-refractivity contribution in [3.8, 4) is 5.75 Å². The Bertz CT molecular complexity index is 476. The lowest BCUT2D eigenvalue weighted by Crippen LogP contribution is -2.26. The van der Waals surface area contributed by atoms with Crippen LogP contribution in [0.2, 0.25) is 0 Å². The number of hydrogen-bond acceptors (Lipinski definition) is 3. The number of carbonyl (C=O) groups excluding carboxylic acids is 1. The van der Waals surface area contributed by atoms with Crippen LogP contribution in [0.1, 0.15) is 20.3 Å². The van der Waals surface area contributed by atoms with Crippen LogP contribution in [0.3, 0.4) is 0 Å². The number of rotatable bonds is 4. The summed E-state index contributed by atoms with van der Waals surface area (Å²) in [5, 5.41) is 9.13.